The second-order valence-electron chi connectivity index (χ2n) is 20.1. The fourth-order valence-corrected chi connectivity index (χ4v) is 11.1. The third-order valence-electron chi connectivity index (χ3n) is 15.2. The highest BCUT2D eigenvalue weighted by atomic mass is 16.7. The van der Waals surface area contributed by atoms with Crippen LogP contribution in [0.15, 0.2) is 83.1 Å². The van der Waals surface area contributed by atoms with Crippen molar-refractivity contribution in [2.24, 2.45) is 10.3 Å². The van der Waals surface area contributed by atoms with Crippen molar-refractivity contribution in [3.05, 3.63) is 126 Å². The number of carbonyl (C=O) groups excluding carboxylic acids is 4. The highest BCUT2D eigenvalue weighted by Gasteiger charge is 2.45. The Morgan fingerprint density at radius 3 is 1.07 bits per heavy atom. The van der Waals surface area contributed by atoms with E-state index in [0.29, 0.717) is 24.0 Å². The third-order valence-corrected chi connectivity index (χ3v) is 15.2. The lowest BCUT2D eigenvalue weighted by molar-refractivity contribution is -0.385. The first kappa shape index (κ1) is 56.6. The number of non-ortho nitro benzene ring substituents is 2. The summed E-state index contributed by atoms with van der Waals surface area (Å²) in [6, 6.07) is 21.5. The molecule has 4 aromatic rings. The molecule has 0 fully saturated rings. The smallest absolute Gasteiger partial charge is 0.318 e. The first-order chi connectivity index (χ1) is 35.7. The van der Waals surface area contributed by atoms with Crippen molar-refractivity contribution in [3.8, 4) is 22.3 Å². The third kappa shape index (κ3) is 12.6. The second kappa shape index (κ2) is 26.5. The van der Waals surface area contributed by atoms with Crippen molar-refractivity contribution >= 4 is 46.3 Å². The highest BCUT2D eigenvalue weighted by Crippen LogP contribution is 2.56. The van der Waals surface area contributed by atoms with Gasteiger partial charge in [0, 0.05) is 59.1 Å². The van der Waals surface area contributed by atoms with Crippen molar-refractivity contribution < 1.29 is 38.7 Å². The molecule has 394 valence electrons. The predicted octanol–water partition coefficient (Wildman–Crippen LogP) is 15.6. The van der Waals surface area contributed by atoms with Crippen LogP contribution in [-0.2, 0) is 30.1 Å². The molecular formula is C60H74N4O10. The molecule has 0 unspecified atom stereocenters. The molecule has 0 amide bonds. The molecule has 0 atom stereocenters. The van der Waals surface area contributed by atoms with Gasteiger partial charge in [-0.1, -0.05) is 153 Å². The van der Waals surface area contributed by atoms with E-state index in [0.717, 1.165) is 147 Å². The largest absolute Gasteiger partial charge is 0.334 e. The van der Waals surface area contributed by atoms with E-state index in [-0.39, 0.29) is 69.9 Å². The number of carbonyl (C=O) groups is 4. The van der Waals surface area contributed by atoms with E-state index in [1.165, 1.54) is 0 Å². The molecule has 4 aromatic carbocycles. The van der Waals surface area contributed by atoms with Crippen molar-refractivity contribution in [2.75, 3.05) is 0 Å². The topological polar surface area (TPSA) is 198 Å². The molecule has 0 radical (unpaired) electrons. The number of rotatable bonds is 31. The van der Waals surface area contributed by atoms with E-state index in [2.05, 4.69) is 38.0 Å². The van der Waals surface area contributed by atoms with Gasteiger partial charge in [-0.25, -0.2) is 9.59 Å². The molecule has 74 heavy (non-hydrogen) atoms. The van der Waals surface area contributed by atoms with Crippen LogP contribution in [0.25, 0.3) is 22.3 Å². The Labute approximate surface area is 436 Å². The zero-order valence-corrected chi connectivity index (χ0v) is 44.4. The molecule has 0 heterocycles. The molecule has 2 aliphatic carbocycles. The average Bonchev–Trinajstić information content (AvgIpc) is 3.84. The lowest BCUT2D eigenvalue weighted by Crippen LogP contribution is -2.26. The van der Waals surface area contributed by atoms with Gasteiger partial charge in [-0.05, 0) is 120 Å². The molecule has 0 spiro atoms. The summed E-state index contributed by atoms with van der Waals surface area (Å²) in [6.07, 6.45) is 15.7. The van der Waals surface area contributed by atoms with Crippen molar-refractivity contribution in [1.29, 1.82) is 0 Å². The molecule has 6 rings (SSSR count). The number of hydrogen-bond acceptors (Lipinski definition) is 12. The minimum Gasteiger partial charge on any atom is -0.318 e. The molecule has 0 saturated carbocycles. The normalized spacial score (nSPS) is 13.9. The maximum Gasteiger partial charge on any atom is 0.334 e. The predicted molar refractivity (Wildman–Crippen MR) is 290 cm³/mol. The quantitative estimate of drug-likeness (QED) is 0.0117. The first-order valence-electron chi connectivity index (χ1n) is 27.2. The summed E-state index contributed by atoms with van der Waals surface area (Å²) in [4.78, 5) is 87.1. The van der Waals surface area contributed by atoms with Crippen LogP contribution in [0.1, 0.15) is 226 Å². The van der Waals surface area contributed by atoms with E-state index in [4.69, 9.17) is 9.68 Å². The van der Waals surface area contributed by atoms with Crippen LogP contribution in [-0.4, -0.2) is 44.8 Å². The highest BCUT2D eigenvalue weighted by molar-refractivity contribution is 6.46. The summed E-state index contributed by atoms with van der Waals surface area (Å²) in [7, 11) is 0. The SMILES string of the molecule is CCCCC1(CCCC)c2cc(C(=O)C(CCCCCCCC/C(=N\OC(=O)CC)C(=O)c3ccc4c(c3)C(CCCC)(CCCC)c3cc([N+](=O)[O-])ccc3-4)=NOC(=O)CC)ccc2-c2ccc([N+](=O)[O-])cc21. The van der Waals surface area contributed by atoms with E-state index < -0.39 is 22.8 Å². The Balaban J connectivity index is 1.14. The number of Topliss-reactive ketones (excluding diaryl/α,β-unsaturated/α-hetero) is 2. The van der Waals surface area contributed by atoms with Gasteiger partial charge in [0.15, 0.2) is 0 Å². The number of fused-ring (bicyclic) bond motifs is 6. The molecule has 14 nitrogen and oxygen atoms in total. The summed E-state index contributed by atoms with van der Waals surface area (Å²) in [5.74, 6) is -1.76. The molecular weight excluding hydrogens is 937 g/mol. The first-order valence-corrected chi connectivity index (χ1v) is 27.2. The number of oxime groups is 2. The van der Waals surface area contributed by atoms with Gasteiger partial charge in [-0.15, -0.1) is 0 Å². The van der Waals surface area contributed by atoms with E-state index in [1.807, 2.05) is 36.4 Å². The van der Waals surface area contributed by atoms with Gasteiger partial charge >= 0.3 is 11.9 Å². The van der Waals surface area contributed by atoms with Crippen LogP contribution in [0, 0.1) is 20.2 Å². The Morgan fingerprint density at radius 1 is 0.446 bits per heavy atom. The number of ketones is 2. The van der Waals surface area contributed by atoms with Crippen LogP contribution in [0.3, 0.4) is 0 Å². The van der Waals surface area contributed by atoms with Gasteiger partial charge in [0.2, 0.25) is 11.6 Å². The standard InChI is InChI=1S/C60H74N4O10/c1-7-13-33-59(34-14-8-2)49-37-41(25-29-45(49)47-31-27-43(63(69)70)39-51(47)59)57(67)53(61-73-55(65)11-5)23-21-19-17-18-20-22-24-54(62-74-56(66)12-6)58(68)42-26-30-46-48-32-28-44(64(71)72)40-52(48)60(35-15-9-3,36-16-10-4)50(46)38-42/h25-32,37-40H,7-24,33-36H2,1-6H3/b61-53+,62-54?. The molecule has 0 aromatic heterocycles. The lowest BCUT2D eigenvalue weighted by Gasteiger charge is -2.32. The summed E-state index contributed by atoms with van der Waals surface area (Å²) in [5.41, 5.74) is 7.94. The molecule has 2 aliphatic rings. The molecule has 0 aliphatic heterocycles. The van der Waals surface area contributed by atoms with E-state index in [1.54, 1.807) is 50.2 Å². The average molecular weight is 1010 g/mol. The summed E-state index contributed by atoms with van der Waals surface area (Å²) in [6.45, 7) is 11.8. The summed E-state index contributed by atoms with van der Waals surface area (Å²) < 4.78 is 0. The molecule has 0 N–H and O–H groups in total. The Morgan fingerprint density at radius 2 is 0.757 bits per heavy atom. The van der Waals surface area contributed by atoms with Gasteiger partial charge in [-0.3, -0.25) is 29.8 Å². The van der Waals surface area contributed by atoms with Gasteiger partial charge < -0.3 is 9.68 Å². The zero-order chi connectivity index (χ0) is 53.4. The number of nitro benzene ring substituents is 2. The van der Waals surface area contributed by atoms with Crippen LogP contribution >= 0.6 is 0 Å². The molecule has 14 heteroatoms. The van der Waals surface area contributed by atoms with Gasteiger partial charge in [-0.2, -0.15) is 0 Å². The molecule has 0 bridgehead atoms. The Kier molecular flexibility index (Phi) is 20.3. The fraction of sp³-hybridized carbons (Fsp3) is 0.500. The van der Waals surface area contributed by atoms with E-state index >= 15 is 0 Å². The number of nitrogens with zero attached hydrogens (tertiary/aromatic N) is 4. The Hall–Kier alpha value is -6.70. The summed E-state index contributed by atoms with van der Waals surface area (Å²) in [5, 5.41) is 32.2. The minimum absolute atomic E-state index is 0.0463. The summed E-state index contributed by atoms with van der Waals surface area (Å²) >= 11 is 0. The van der Waals surface area contributed by atoms with Crippen molar-refractivity contribution in [3.63, 3.8) is 0 Å². The monoisotopic (exact) mass is 1010 g/mol. The lowest BCUT2D eigenvalue weighted by atomic mass is 9.70. The van der Waals surface area contributed by atoms with Crippen LogP contribution in [0.5, 0.6) is 0 Å². The minimum atomic E-state index is -0.549. The van der Waals surface area contributed by atoms with E-state index in [9.17, 15) is 39.4 Å². The number of nitro groups is 2. The maximum absolute atomic E-state index is 14.4. The number of benzene rings is 4. The van der Waals surface area contributed by atoms with Crippen molar-refractivity contribution in [2.45, 2.75) is 194 Å². The maximum atomic E-state index is 14.4. The van der Waals surface area contributed by atoms with Gasteiger partial charge in [0.25, 0.3) is 11.4 Å². The van der Waals surface area contributed by atoms with Gasteiger partial charge in [0.1, 0.15) is 11.4 Å². The van der Waals surface area contributed by atoms with Gasteiger partial charge in [0.05, 0.1) is 9.85 Å². The number of hydrogen-bond donors (Lipinski definition) is 0. The zero-order valence-electron chi connectivity index (χ0n) is 44.4. The Bertz CT molecular complexity index is 2570. The van der Waals surface area contributed by atoms with Crippen molar-refractivity contribution in [1.82, 2.24) is 0 Å². The van der Waals surface area contributed by atoms with Crippen LogP contribution in [0.2, 0.25) is 0 Å². The molecule has 0 saturated heterocycles. The number of unbranched alkanes of at least 4 members (excludes halogenated alkanes) is 9. The van der Waals surface area contributed by atoms with Crippen LogP contribution < -0.4 is 0 Å². The fourth-order valence-electron chi connectivity index (χ4n) is 11.1. The van der Waals surface area contributed by atoms with Crippen LogP contribution in [0.4, 0.5) is 11.4 Å². The second-order valence-corrected chi connectivity index (χ2v) is 20.1.